The molecule has 1 aromatic carbocycles. The van der Waals surface area contributed by atoms with E-state index >= 15 is 0 Å². The lowest BCUT2D eigenvalue weighted by Gasteiger charge is -2.35. The van der Waals surface area contributed by atoms with E-state index in [0.29, 0.717) is 37.2 Å². The predicted octanol–water partition coefficient (Wildman–Crippen LogP) is 1.30. The molecule has 0 saturated carbocycles. The first-order chi connectivity index (χ1) is 10.6. The Labute approximate surface area is 128 Å². The van der Waals surface area contributed by atoms with Crippen LogP contribution in [0.3, 0.4) is 0 Å². The largest absolute Gasteiger partial charge is 0.497 e. The number of carbonyl (C=O) groups excluding carboxylic acids is 2. The van der Waals surface area contributed by atoms with Gasteiger partial charge >= 0.3 is 5.97 Å². The van der Waals surface area contributed by atoms with E-state index in [1.54, 1.807) is 43.5 Å². The molecule has 1 spiro atoms. The molecule has 118 valence electrons. The van der Waals surface area contributed by atoms with Crippen LogP contribution in [0.15, 0.2) is 24.3 Å². The molecule has 2 saturated heterocycles. The van der Waals surface area contributed by atoms with Crippen LogP contribution in [0.25, 0.3) is 0 Å². The van der Waals surface area contributed by atoms with Crippen LogP contribution < -0.4 is 4.74 Å². The number of ketones is 1. The second kappa shape index (κ2) is 5.70. The molecule has 1 aromatic rings. The van der Waals surface area contributed by atoms with Gasteiger partial charge in [-0.05, 0) is 17.7 Å². The van der Waals surface area contributed by atoms with Gasteiger partial charge in [0.25, 0.3) is 0 Å². The molecule has 3 rings (SSSR count). The van der Waals surface area contributed by atoms with Crippen LogP contribution in [-0.4, -0.2) is 49.7 Å². The van der Waals surface area contributed by atoms with Gasteiger partial charge < -0.3 is 14.3 Å². The zero-order valence-electron chi connectivity index (χ0n) is 12.7. The molecule has 2 aliphatic rings. The number of hydrogen-bond donors (Lipinski definition) is 0. The van der Waals surface area contributed by atoms with E-state index < -0.39 is 17.5 Å². The van der Waals surface area contributed by atoms with Crippen molar-refractivity contribution < 1.29 is 23.9 Å². The van der Waals surface area contributed by atoms with Gasteiger partial charge in [-0.25, -0.2) is 0 Å². The second-order valence-electron chi connectivity index (χ2n) is 5.60. The molecule has 0 radical (unpaired) electrons. The average Bonchev–Trinajstić information content (AvgIpc) is 2.79. The van der Waals surface area contributed by atoms with Crippen molar-refractivity contribution in [3.63, 3.8) is 0 Å². The minimum Gasteiger partial charge on any atom is -0.497 e. The van der Waals surface area contributed by atoms with Crippen molar-refractivity contribution in [1.82, 2.24) is 5.06 Å². The summed E-state index contributed by atoms with van der Waals surface area (Å²) in [5.74, 6) is -0.745. The first kappa shape index (κ1) is 15.0. The highest BCUT2D eigenvalue weighted by molar-refractivity contribution is 6.13. The highest BCUT2D eigenvalue weighted by atomic mass is 16.7. The first-order valence-corrected chi connectivity index (χ1v) is 7.30. The molecular weight excluding hydrogens is 286 g/mol. The summed E-state index contributed by atoms with van der Waals surface area (Å²) < 4.78 is 10.6. The summed E-state index contributed by atoms with van der Waals surface area (Å²) in [6.07, 6.45) is 0.941. The zero-order valence-corrected chi connectivity index (χ0v) is 12.7. The lowest BCUT2D eigenvalue weighted by molar-refractivity contribution is -0.184. The van der Waals surface area contributed by atoms with Crippen LogP contribution in [0.4, 0.5) is 0 Å². The van der Waals surface area contributed by atoms with E-state index in [2.05, 4.69) is 0 Å². The van der Waals surface area contributed by atoms with Crippen LogP contribution in [0.2, 0.25) is 0 Å². The van der Waals surface area contributed by atoms with Crippen LogP contribution in [0.5, 0.6) is 5.75 Å². The number of hydrogen-bond acceptors (Lipinski definition) is 6. The quantitative estimate of drug-likeness (QED) is 0.619. The van der Waals surface area contributed by atoms with E-state index in [4.69, 9.17) is 14.3 Å². The fourth-order valence-corrected chi connectivity index (χ4v) is 3.13. The van der Waals surface area contributed by atoms with Crippen LogP contribution >= 0.6 is 0 Å². The Morgan fingerprint density at radius 1 is 1.14 bits per heavy atom. The van der Waals surface area contributed by atoms with Gasteiger partial charge in [0.15, 0.2) is 11.4 Å². The lowest BCUT2D eigenvalue weighted by atomic mass is 9.82. The molecule has 0 aromatic heterocycles. The van der Waals surface area contributed by atoms with E-state index in [1.165, 1.54) is 0 Å². The molecule has 0 aliphatic carbocycles. The number of carbonyl (C=O) groups is 2. The monoisotopic (exact) mass is 305 g/mol. The third-order valence-corrected chi connectivity index (χ3v) is 4.48. The van der Waals surface area contributed by atoms with E-state index in [0.717, 1.165) is 0 Å². The summed E-state index contributed by atoms with van der Waals surface area (Å²) in [5.41, 5.74) is -0.335. The Balaban J connectivity index is 1.82. The molecule has 2 fully saturated rings. The van der Waals surface area contributed by atoms with Gasteiger partial charge in [-0.1, -0.05) is 12.1 Å². The van der Waals surface area contributed by atoms with Gasteiger partial charge in [-0.2, -0.15) is 5.06 Å². The van der Waals surface area contributed by atoms with Crippen molar-refractivity contribution in [3.8, 4) is 5.75 Å². The number of Topliss-reactive ketones (excluding diaryl/α,β-unsaturated/α-hetero) is 1. The van der Waals surface area contributed by atoms with Gasteiger partial charge in [-0.15, -0.1) is 0 Å². The summed E-state index contributed by atoms with van der Waals surface area (Å²) in [5, 5.41) is 1.77. The minimum absolute atomic E-state index is 0.140. The van der Waals surface area contributed by atoms with Crippen molar-refractivity contribution in [2.45, 2.75) is 24.4 Å². The van der Waals surface area contributed by atoms with Gasteiger partial charge in [0.05, 0.1) is 14.2 Å². The number of benzene rings is 1. The number of rotatable bonds is 3. The maximum Gasteiger partial charge on any atom is 0.322 e. The summed E-state index contributed by atoms with van der Waals surface area (Å²) in [7, 11) is 3.17. The highest BCUT2D eigenvalue weighted by Crippen LogP contribution is 2.40. The van der Waals surface area contributed by atoms with Gasteiger partial charge in [0.2, 0.25) is 0 Å². The Hall–Kier alpha value is -1.92. The standard InChI is InChI=1S/C16H19NO5/c1-20-12-5-3-11(4-6-12)13-14(18)16(22-15(13)19)7-9-17(21-2)10-8-16/h3-6,13H,7-10H2,1-2H3. The second-order valence-corrected chi connectivity index (χ2v) is 5.60. The van der Waals surface area contributed by atoms with E-state index in [9.17, 15) is 9.59 Å². The average molecular weight is 305 g/mol. The molecule has 0 amide bonds. The van der Waals surface area contributed by atoms with Crippen molar-refractivity contribution in [1.29, 1.82) is 0 Å². The lowest BCUT2D eigenvalue weighted by Crippen LogP contribution is -2.48. The molecule has 6 heteroatoms. The Morgan fingerprint density at radius 3 is 2.32 bits per heavy atom. The molecule has 2 heterocycles. The van der Waals surface area contributed by atoms with Crippen molar-refractivity contribution >= 4 is 11.8 Å². The number of hydroxylamine groups is 2. The normalized spacial score (nSPS) is 24.5. The predicted molar refractivity (Wildman–Crippen MR) is 77.4 cm³/mol. The zero-order chi connectivity index (χ0) is 15.7. The maximum atomic E-state index is 12.8. The highest BCUT2D eigenvalue weighted by Gasteiger charge is 2.56. The molecular formula is C16H19NO5. The van der Waals surface area contributed by atoms with Gasteiger partial charge in [-0.3, -0.25) is 9.59 Å². The fraction of sp³-hybridized carbons (Fsp3) is 0.500. The SMILES string of the molecule is COc1ccc(C2C(=O)OC3(CCN(OC)CC3)C2=O)cc1. The van der Waals surface area contributed by atoms with E-state index in [1.807, 2.05) is 0 Å². The molecule has 22 heavy (non-hydrogen) atoms. The fourth-order valence-electron chi connectivity index (χ4n) is 3.13. The van der Waals surface area contributed by atoms with Crippen LogP contribution in [0, 0.1) is 0 Å². The summed E-state index contributed by atoms with van der Waals surface area (Å²) in [6.45, 7) is 1.15. The molecule has 2 aliphatic heterocycles. The van der Waals surface area contributed by atoms with Crippen LogP contribution in [-0.2, 0) is 19.2 Å². The third kappa shape index (κ3) is 2.38. The summed E-state index contributed by atoms with van der Waals surface area (Å²) >= 11 is 0. The number of piperidine rings is 1. The Bertz CT molecular complexity index is 575. The van der Waals surface area contributed by atoms with E-state index in [-0.39, 0.29) is 5.78 Å². The Kier molecular flexibility index (Phi) is 3.88. The minimum atomic E-state index is -0.989. The van der Waals surface area contributed by atoms with Crippen molar-refractivity contribution in [2.75, 3.05) is 27.3 Å². The summed E-state index contributed by atoms with van der Waals surface area (Å²) in [6, 6.07) is 6.97. The maximum absolute atomic E-state index is 12.8. The Morgan fingerprint density at radius 2 is 1.77 bits per heavy atom. The first-order valence-electron chi connectivity index (χ1n) is 7.30. The topological polar surface area (TPSA) is 65.1 Å². The number of ether oxygens (including phenoxy) is 2. The van der Waals surface area contributed by atoms with Crippen LogP contribution in [0.1, 0.15) is 24.3 Å². The molecule has 1 atom stereocenters. The molecule has 1 unspecified atom stereocenters. The molecule has 0 bridgehead atoms. The smallest absolute Gasteiger partial charge is 0.322 e. The molecule has 6 nitrogen and oxygen atoms in total. The third-order valence-electron chi connectivity index (χ3n) is 4.48. The number of nitrogens with zero attached hydrogens (tertiary/aromatic N) is 1. The van der Waals surface area contributed by atoms with Gasteiger partial charge in [0, 0.05) is 25.9 Å². The number of methoxy groups -OCH3 is 1. The molecule has 0 N–H and O–H groups in total. The van der Waals surface area contributed by atoms with Crippen molar-refractivity contribution in [3.05, 3.63) is 29.8 Å². The number of esters is 1. The summed E-state index contributed by atoms with van der Waals surface area (Å²) in [4.78, 5) is 30.2. The van der Waals surface area contributed by atoms with Gasteiger partial charge in [0.1, 0.15) is 11.7 Å². The van der Waals surface area contributed by atoms with Crippen molar-refractivity contribution in [2.24, 2.45) is 0 Å².